The molecule has 1 N–H and O–H groups in total. The fourth-order valence-corrected chi connectivity index (χ4v) is 4.55. The summed E-state index contributed by atoms with van der Waals surface area (Å²) in [6, 6.07) is -2.27. The quantitative estimate of drug-likeness (QED) is 0.333. The highest BCUT2D eigenvalue weighted by Crippen LogP contribution is 2.40. The number of rotatable bonds is 10. The molecule has 1 saturated heterocycles. The first kappa shape index (κ1) is 31.4. The number of hydrogen-bond donors (Lipinski definition) is 1. The second-order valence-electron chi connectivity index (χ2n) is 11.4. The summed E-state index contributed by atoms with van der Waals surface area (Å²) in [4.78, 5) is 40.9. The maximum atomic E-state index is 13.7. The van der Waals surface area contributed by atoms with Gasteiger partial charge in [0.2, 0.25) is 5.91 Å². The minimum Gasteiger partial charge on any atom is -0.458 e. The third-order valence-corrected chi connectivity index (χ3v) is 5.75. The lowest BCUT2D eigenvalue weighted by Crippen LogP contribution is -2.64. The largest absolute Gasteiger partial charge is 0.458 e. The number of allylic oxidation sites excluding steroid dienone is 1. The summed E-state index contributed by atoms with van der Waals surface area (Å²) in [5.74, 6) is -1.10. The van der Waals surface area contributed by atoms with Crippen LogP contribution in [0.15, 0.2) is 37.5 Å². The van der Waals surface area contributed by atoms with E-state index in [4.69, 9.17) is 14.2 Å². The fraction of sp³-hybridized carbons (Fsp3) is 0.679. The Balaban J connectivity index is 3.79. The molecule has 0 aliphatic carbocycles. The van der Waals surface area contributed by atoms with Gasteiger partial charge in [-0.05, 0) is 68.2 Å². The molecule has 0 aromatic heterocycles. The van der Waals surface area contributed by atoms with Gasteiger partial charge in [-0.2, -0.15) is 0 Å². The summed E-state index contributed by atoms with van der Waals surface area (Å²) >= 11 is 0. The number of carbonyl (C=O) groups is 3. The van der Waals surface area contributed by atoms with Gasteiger partial charge in [0.25, 0.3) is 0 Å². The number of esters is 1. The molecule has 8 heteroatoms. The highest BCUT2D eigenvalue weighted by molar-refractivity contribution is 5.83. The number of hydrogen-bond acceptors (Lipinski definition) is 6. The first-order valence-corrected chi connectivity index (χ1v) is 12.5. The van der Waals surface area contributed by atoms with Crippen molar-refractivity contribution in [1.82, 2.24) is 10.2 Å². The number of amides is 2. The van der Waals surface area contributed by atoms with Crippen LogP contribution in [0.4, 0.5) is 4.79 Å². The van der Waals surface area contributed by atoms with Crippen molar-refractivity contribution in [2.24, 2.45) is 5.92 Å². The average Bonchev–Trinajstić information content (AvgIpc) is 3.07. The summed E-state index contributed by atoms with van der Waals surface area (Å²) in [6.45, 7) is 23.6. The van der Waals surface area contributed by atoms with Gasteiger partial charge in [0.15, 0.2) is 0 Å². The molecule has 204 valence electrons. The standard InChI is InChI=1S/C28H46N2O6/c1-12-15-20-18-21(24(32)35-26(5,6)7)30(25(33)36-27(8,9)10)22(20)23(29-19(4)31)28(11,16-13-2)34-17-14-3/h12-15,20-23H,2-3,16-18H2,1,4-11H3,(H,29,31)/b15-12-/t20-,21-,22-,23-,28+/m1/s1. The fourth-order valence-electron chi connectivity index (χ4n) is 4.55. The molecule has 1 rings (SSSR count). The van der Waals surface area contributed by atoms with Crippen molar-refractivity contribution in [2.75, 3.05) is 6.61 Å². The predicted octanol–water partition coefficient (Wildman–Crippen LogP) is 4.94. The lowest BCUT2D eigenvalue weighted by molar-refractivity contribution is -0.161. The van der Waals surface area contributed by atoms with Gasteiger partial charge in [0.1, 0.15) is 17.2 Å². The molecule has 5 atom stereocenters. The van der Waals surface area contributed by atoms with Crippen molar-refractivity contribution in [3.63, 3.8) is 0 Å². The van der Waals surface area contributed by atoms with Gasteiger partial charge in [-0.3, -0.25) is 9.69 Å². The number of nitrogens with one attached hydrogen (secondary N) is 1. The molecular formula is C28H46N2O6. The Hall–Kier alpha value is -2.61. The van der Waals surface area contributed by atoms with E-state index in [0.717, 1.165) is 0 Å². The lowest BCUT2D eigenvalue weighted by Gasteiger charge is -2.45. The molecule has 0 saturated carbocycles. The maximum Gasteiger partial charge on any atom is 0.411 e. The zero-order chi connectivity index (χ0) is 27.9. The van der Waals surface area contributed by atoms with E-state index in [1.165, 1.54) is 11.8 Å². The highest BCUT2D eigenvalue weighted by atomic mass is 16.6. The molecule has 0 spiro atoms. The van der Waals surface area contributed by atoms with Gasteiger partial charge in [0, 0.05) is 12.8 Å². The Morgan fingerprint density at radius 3 is 2.06 bits per heavy atom. The minimum atomic E-state index is -0.963. The number of likely N-dealkylation sites (tertiary alicyclic amines) is 1. The van der Waals surface area contributed by atoms with E-state index in [9.17, 15) is 14.4 Å². The second-order valence-corrected chi connectivity index (χ2v) is 11.4. The van der Waals surface area contributed by atoms with Crippen LogP contribution < -0.4 is 5.32 Å². The Labute approximate surface area is 217 Å². The molecule has 2 amide bonds. The molecular weight excluding hydrogens is 460 g/mol. The van der Waals surface area contributed by atoms with E-state index < -0.39 is 47.0 Å². The minimum absolute atomic E-state index is 0.226. The Morgan fingerprint density at radius 1 is 1.03 bits per heavy atom. The normalized spacial score (nSPS) is 23.0. The SMILES string of the molecule is C=CCO[C@@](C)(CC=C)[C@H](NC(C)=O)[C@H]1[C@H](/C=C\C)C[C@H](C(=O)OC(C)(C)C)N1C(=O)OC(C)(C)C. The summed E-state index contributed by atoms with van der Waals surface area (Å²) in [6.07, 6.45) is 7.19. The van der Waals surface area contributed by atoms with Crippen molar-refractivity contribution in [3.05, 3.63) is 37.5 Å². The zero-order valence-corrected chi connectivity index (χ0v) is 23.6. The van der Waals surface area contributed by atoms with Crippen LogP contribution in [0.1, 0.15) is 75.2 Å². The van der Waals surface area contributed by atoms with Crippen LogP contribution >= 0.6 is 0 Å². The van der Waals surface area contributed by atoms with Gasteiger partial charge in [-0.15, -0.1) is 13.2 Å². The first-order valence-electron chi connectivity index (χ1n) is 12.5. The molecule has 1 fully saturated rings. The number of ether oxygens (including phenoxy) is 3. The molecule has 1 heterocycles. The molecule has 1 aliphatic rings. The molecule has 8 nitrogen and oxygen atoms in total. The zero-order valence-electron chi connectivity index (χ0n) is 23.6. The number of nitrogens with zero attached hydrogens (tertiary/aromatic N) is 1. The van der Waals surface area contributed by atoms with E-state index in [-0.39, 0.29) is 18.4 Å². The van der Waals surface area contributed by atoms with Crippen molar-refractivity contribution in [3.8, 4) is 0 Å². The summed E-state index contributed by atoms with van der Waals surface area (Å²) < 4.78 is 17.7. The lowest BCUT2D eigenvalue weighted by atomic mass is 9.81. The average molecular weight is 507 g/mol. The second kappa shape index (κ2) is 12.6. The molecule has 0 bridgehead atoms. The maximum absolute atomic E-state index is 13.7. The Bertz CT molecular complexity index is 838. The van der Waals surface area contributed by atoms with E-state index in [0.29, 0.717) is 12.8 Å². The van der Waals surface area contributed by atoms with E-state index in [1.54, 1.807) is 53.7 Å². The van der Waals surface area contributed by atoms with Gasteiger partial charge < -0.3 is 19.5 Å². The van der Waals surface area contributed by atoms with Gasteiger partial charge in [-0.25, -0.2) is 9.59 Å². The Morgan fingerprint density at radius 2 is 1.61 bits per heavy atom. The highest BCUT2D eigenvalue weighted by Gasteiger charge is 2.55. The first-order chi connectivity index (χ1) is 16.5. The van der Waals surface area contributed by atoms with E-state index in [2.05, 4.69) is 18.5 Å². The predicted molar refractivity (Wildman–Crippen MR) is 141 cm³/mol. The molecule has 0 unspecified atom stereocenters. The summed E-state index contributed by atoms with van der Waals surface area (Å²) in [5, 5.41) is 3.02. The van der Waals surface area contributed by atoms with Gasteiger partial charge in [0.05, 0.1) is 24.3 Å². The van der Waals surface area contributed by atoms with Crippen molar-refractivity contribution in [1.29, 1.82) is 0 Å². The molecule has 0 aromatic rings. The summed E-state index contributed by atoms with van der Waals surface area (Å²) in [7, 11) is 0. The Kier molecular flexibility index (Phi) is 11.0. The topological polar surface area (TPSA) is 94.2 Å². The monoisotopic (exact) mass is 506 g/mol. The van der Waals surface area contributed by atoms with Crippen molar-refractivity contribution < 1.29 is 28.6 Å². The summed E-state index contributed by atoms with van der Waals surface area (Å²) in [5.41, 5.74) is -2.51. The van der Waals surface area contributed by atoms with Gasteiger partial charge in [-0.1, -0.05) is 24.3 Å². The van der Waals surface area contributed by atoms with Crippen molar-refractivity contribution >= 4 is 18.0 Å². The van der Waals surface area contributed by atoms with Crippen LogP contribution in [0.3, 0.4) is 0 Å². The van der Waals surface area contributed by atoms with E-state index >= 15 is 0 Å². The van der Waals surface area contributed by atoms with Crippen molar-refractivity contribution in [2.45, 2.75) is 110 Å². The smallest absolute Gasteiger partial charge is 0.411 e. The third-order valence-electron chi connectivity index (χ3n) is 5.75. The van der Waals surface area contributed by atoms with Crippen LogP contribution in [-0.2, 0) is 23.8 Å². The molecule has 36 heavy (non-hydrogen) atoms. The van der Waals surface area contributed by atoms with Crippen LogP contribution in [-0.4, -0.2) is 64.4 Å². The molecule has 0 radical (unpaired) electrons. The third kappa shape index (κ3) is 8.80. The van der Waals surface area contributed by atoms with Crippen LogP contribution in [0.5, 0.6) is 0 Å². The van der Waals surface area contributed by atoms with Crippen LogP contribution in [0.25, 0.3) is 0 Å². The van der Waals surface area contributed by atoms with Gasteiger partial charge >= 0.3 is 12.1 Å². The van der Waals surface area contributed by atoms with Crippen LogP contribution in [0.2, 0.25) is 0 Å². The molecule has 1 aliphatic heterocycles. The number of carbonyl (C=O) groups excluding carboxylic acids is 3. The van der Waals surface area contributed by atoms with E-state index in [1.807, 2.05) is 26.0 Å². The van der Waals surface area contributed by atoms with Crippen LogP contribution in [0, 0.1) is 5.92 Å². The molecule has 0 aromatic carbocycles.